The molecule has 1 heterocycles. The van der Waals surface area contributed by atoms with Crippen LogP contribution in [-0.4, -0.2) is 19.2 Å². The van der Waals surface area contributed by atoms with E-state index in [1.54, 1.807) is 5.06 Å². The predicted molar refractivity (Wildman–Crippen MR) is 146 cm³/mol. The molecule has 1 aliphatic rings. The van der Waals surface area contributed by atoms with E-state index in [1.807, 2.05) is 125 Å². The zero-order chi connectivity index (χ0) is 25.5. The van der Waals surface area contributed by atoms with Gasteiger partial charge in [0.15, 0.2) is 0 Å². The zero-order valence-electron chi connectivity index (χ0n) is 21.0. The second-order valence-electron chi connectivity index (χ2n) is 9.92. The van der Waals surface area contributed by atoms with E-state index in [4.69, 9.17) is 15.1 Å². The lowest BCUT2D eigenvalue weighted by molar-refractivity contribution is -0.00327. The fourth-order valence-electron chi connectivity index (χ4n) is 4.73. The molecule has 0 radical (unpaired) electrons. The molecule has 0 bridgehead atoms. The molecule has 0 aliphatic carbocycles. The first-order valence-corrected chi connectivity index (χ1v) is 13.7. The number of hydrogen-bond acceptors (Lipinski definition) is 5. The van der Waals surface area contributed by atoms with Crippen LogP contribution >= 0.6 is 7.37 Å². The summed E-state index contributed by atoms with van der Waals surface area (Å²) in [6.45, 7) is 3.95. The highest BCUT2D eigenvalue weighted by Gasteiger charge is 2.44. The summed E-state index contributed by atoms with van der Waals surface area (Å²) in [7, 11) is 0.195. The van der Waals surface area contributed by atoms with Gasteiger partial charge in [-0.05, 0) is 60.4 Å². The number of para-hydroxylation sites is 1. The quantitative estimate of drug-likeness (QED) is 0.243. The summed E-state index contributed by atoms with van der Waals surface area (Å²) < 4.78 is 21.7. The van der Waals surface area contributed by atoms with Crippen molar-refractivity contribution in [3.63, 3.8) is 0 Å². The number of rotatable bonds is 6. The third-order valence-corrected chi connectivity index (χ3v) is 9.25. The number of hydroxylamine groups is 2. The Morgan fingerprint density at radius 1 is 0.806 bits per heavy atom. The Hall–Kier alpha value is -3.37. The van der Waals surface area contributed by atoms with Gasteiger partial charge in [0.05, 0.1) is 5.30 Å². The summed E-state index contributed by atoms with van der Waals surface area (Å²) in [5.41, 5.74) is 10.0. The van der Waals surface area contributed by atoms with Crippen molar-refractivity contribution in [2.24, 2.45) is 5.73 Å². The smallest absolute Gasteiger partial charge is 0.289 e. The molecule has 0 amide bonds. The molecule has 1 aliphatic heterocycles. The molecule has 5 nitrogen and oxygen atoms in total. The van der Waals surface area contributed by atoms with E-state index in [-0.39, 0.29) is 0 Å². The van der Waals surface area contributed by atoms with Gasteiger partial charge in [-0.2, -0.15) is 5.06 Å². The van der Waals surface area contributed by atoms with Gasteiger partial charge in [0.2, 0.25) is 0 Å². The second-order valence-corrected chi connectivity index (χ2v) is 12.3. The molecular formula is C30H31N2O3P. The molecule has 2 unspecified atom stereocenters. The summed E-state index contributed by atoms with van der Waals surface area (Å²) in [6.07, 6.45) is 0. The summed E-state index contributed by atoms with van der Waals surface area (Å²) in [5, 5.41) is 2.37. The van der Waals surface area contributed by atoms with Gasteiger partial charge in [0.1, 0.15) is 17.2 Å². The SMILES string of the molecule is CN(C)Oc1ccc(C(c2ccc(C(C)(C)N)cc2)P2(=O)Oc3ccccc3-c3ccccc32)cc1. The fraction of sp³-hybridized carbons (Fsp3) is 0.200. The van der Waals surface area contributed by atoms with Crippen molar-refractivity contribution >= 4 is 12.7 Å². The van der Waals surface area contributed by atoms with E-state index < -0.39 is 18.6 Å². The Morgan fingerprint density at radius 3 is 1.97 bits per heavy atom. The van der Waals surface area contributed by atoms with Crippen LogP contribution in [0.4, 0.5) is 0 Å². The molecule has 5 rings (SSSR count). The zero-order valence-corrected chi connectivity index (χ0v) is 21.9. The van der Waals surface area contributed by atoms with Crippen molar-refractivity contribution in [1.82, 2.24) is 5.06 Å². The first-order chi connectivity index (χ1) is 17.2. The van der Waals surface area contributed by atoms with E-state index in [0.717, 1.165) is 33.1 Å². The van der Waals surface area contributed by atoms with E-state index in [1.165, 1.54) is 0 Å². The number of fused-ring (bicyclic) bond motifs is 3. The number of nitrogens with two attached hydrogens (primary N) is 1. The molecule has 4 aromatic carbocycles. The lowest BCUT2D eigenvalue weighted by Crippen LogP contribution is -2.28. The largest absolute Gasteiger partial charge is 0.439 e. The molecule has 2 atom stereocenters. The molecule has 184 valence electrons. The van der Waals surface area contributed by atoms with E-state index >= 15 is 4.57 Å². The molecule has 6 heteroatoms. The van der Waals surface area contributed by atoms with Crippen LogP contribution in [-0.2, 0) is 10.1 Å². The summed E-state index contributed by atoms with van der Waals surface area (Å²) in [5.74, 6) is 1.34. The Morgan fingerprint density at radius 2 is 1.36 bits per heavy atom. The lowest BCUT2D eigenvalue weighted by atomic mass is 9.93. The molecule has 36 heavy (non-hydrogen) atoms. The van der Waals surface area contributed by atoms with Gasteiger partial charge in [-0.15, -0.1) is 0 Å². The molecule has 0 aromatic heterocycles. The average molecular weight is 499 g/mol. The standard InChI is InChI=1S/C30H31N2O3P/c1-30(2,31)23-17-13-21(14-18-23)29(22-15-19-24(20-16-22)34-32(3)4)36(33)28-12-8-6-10-26(28)25-9-5-7-11-27(25)35-36/h5-20,29H,31H2,1-4H3. The molecule has 0 saturated heterocycles. The first kappa shape index (κ1) is 24.3. The van der Waals surface area contributed by atoms with Gasteiger partial charge in [-0.1, -0.05) is 72.8 Å². The Bertz CT molecular complexity index is 1420. The van der Waals surface area contributed by atoms with Crippen LogP contribution in [0.15, 0.2) is 97.1 Å². The van der Waals surface area contributed by atoms with Crippen molar-refractivity contribution in [2.45, 2.75) is 25.0 Å². The molecular weight excluding hydrogens is 467 g/mol. The number of nitrogens with zero attached hydrogens (tertiary/aromatic N) is 1. The normalized spacial score (nSPS) is 17.6. The van der Waals surface area contributed by atoms with E-state index in [2.05, 4.69) is 0 Å². The topological polar surface area (TPSA) is 64.8 Å². The maximum absolute atomic E-state index is 15.2. The van der Waals surface area contributed by atoms with Crippen LogP contribution in [0.3, 0.4) is 0 Å². The minimum atomic E-state index is -3.47. The minimum Gasteiger partial charge on any atom is -0.439 e. The van der Waals surface area contributed by atoms with E-state index in [9.17, 15) is 0 Å². The third-order valence-electron chi connectivity index (χ3n) is 6.45. The van der Waals surface area contributed by atoms with Gasteiger partial charge in [0, 0.05) is 25.2 Å². The summed E-state index contributed by atoms with van der Waals surface area (Å²) in [4.78, 5) is 5.70. The van der Waals surface area contributed by atoms with Crippen molar-refractivity contribution in [1.29, 1.82) is 0 Å². The van der Waals surface area contributed by atoms with Crippen molar-refractivity contribution in [3.05, 3.63) is 114 Å². The maximum atomic E-state index is 15.2. The molecule has 0 saturated carbocycles. The van der Waals surface area contributed by atoms with Crippen molar-refractivity contribution < 1.29 is 13.9 Å². The van der Waals surface area contributed by atoms with E-state index in [0.29, 0.717) is 11.5 Å². The monoisotopic (exact) mass is 498 g/mol. The van der Waals surface area contributed by atoms with Gasteiger partial charge in [-0.25, -0.2) is 0 Å². The minimum absolute atomic E-state index is 0.476. The highest BCUT2D eigenvalue weighted by atomic mass is 31.2. The average Bonchev–Trinajstić information content (AvgIpc) is 2.85. The molecule has 4 aromatic rings. The highest BCUT2D eigenvalue weighted by molar-refractivity contribution is 7.68. The second kappa shape index (κ2) is 9.25. The van der Waals surface area contributed by atoms with Gasteiger partial charge in [0.25, 0.3) is 7.37 Å². The lowest BCUT2D eigenvalue weighted by Gasteiger charge is -2.34. The van der Waals surface area contributed by atoms with Crippen LogP contribution in [0.5, 0.6) is 11.5 Å². The van der Waals surface area contributed by atoms with Gasteiger partial charge in [-0.3, -0.25) is 4.57 Å². The number of benzene rings is 4. The van der Waals surface area contributed by atoms with Crippen molar-refractivity contribution in [3.8, 4) is 22.6 Å². The summed E-state index contributed by atoms with van der Waals surface area (Å²) >= 11 is 0. The number of hydrogen-bond donors (Lipinski definition) is 1. The Kier molecular flexibility index (Phi) is 6.25. The van der Waals surface area contributed by atoms with Crippen LogP contribution in [0.1, 0.15) is 36.2 Å². The summed E-state index contributed by atoms with van der Waals surface area (Å²) in [6, 6.07) is 31.5. The first-order valence-electron chi connectivity index (χ1n) is 12.0. The molecule has 2 N–H and O–H groups in total. The Labute approximate surface area is 212 Å². The van der Waals surface area contributed by atoms with Crippen LogP contribution in [0, 0.1) is 0 Å². The fourth-order valence-corrected chi connectivity index (χ4v) is 7.62. The highest BCUT2D eigenvalue weighted by Crippen LogP contribution is 2.65. The predicted octanol–water partition coefficient (Wildman–Crippen LogP) is 6.49. The van der Waals surface area contributed by atoms with Crippen LogP contribution in [0.25, 0.3) is 11.1 Å². The van der Waals surface area contributed by atoms with Crippen LogP contribution < -0.4 is 20.4 Å². The van der Waals surface area contributed by atoms with Gasteiger partial charge < -0.3 is 15.1 Å². The van der Waals surface area contributed by atoms with Crippen LogP contribution in [0.2, 0.25) is 0 Å². The Balaban J connectivity index is 1.69. The van der Waals surface area contributed by atoms with Gasteiger partial charge >= 0.3 is 0 Å². The van der Waals surface area contributed by atoms with Crippen molar-refractivity contribution in [2.75, 3.05) is 14.1 Å². The third kappa shape index (κ3) is 4.46. The maximum Gasteiger partial charge on any atom is 0.289 e. The molecule has 0 spiro atoms. The molecule has 0 fully saturated rings.